The van der Waals surface area contributed by atoms with Gasteiger partial charge in [-0.05, 0) is 12.1 Å². The molecule has 0 aromatic heterocycles. The number of rotatable bonds is 0. The number of aromatic hydroxyl groups is 1. The van der Waals surface area contributed by atoms with Crippen LogP contribution in [0.25, 0.3) is 10.8 Å². The number of phenols is 1. The molecule has 0 saturated carbocycles. The van der Waals surface area contributed by atoms with Crippen molar-refractivity contribution in [3.8, 4) is 5.75 Å². The number of hydrogen-bond acceptors (Lipinski definition) is 2. The molecule has 0 spiro atoms. The van der Waals surface area contributed by atoms with Gasteiger partial charge in [0.15, 0.2) is 0 Å². The smallest absolute Gasteiger partial charge is 0.123 e. The van der Waals surface area contributed by atoms with Crippen molar-refractivity contribution in [1.29, 1.82) is 0 Å². The van der Waals surface area contributed by atoms with Gasteiger partial charge >= 0.3 is 0 Å². The third-order valence-corrected chi connectivity index (χ3v) is 1.93. The highest BCUT2D eigenvalue weighted by Gasteiger charge is 1.99. The van der Waals surface area contributed by atoms with Crippen LogP contribution in [0.3, 0.4) is 0 Å². The molecule has 13 heavy (non-hydrogen) atoms. The first-order chi connectivity index (χ1) is 5.79. The predicted molar refractivity (Wildman–Crippen MR) is 57.3 cm³/mol. The van der Waals surface area contributed by atoms with Gasteiger partial charge in [-0.2, -0.15) is 0 Å². The first kappa shape index (κ1) is 9.68. The summed E-state index contributed by atoms with van der Waals surface area (Å²) in [7, 11) is 0. The van der Waals surface area contributed by atoms with Gasteiger partial charge in [0.25, 0.3) is 0 Å². The van der Waals surface area contributed by atoms with Crippen LogP contribution in [0, 0.1) is 0 Å². The van der Waals surface area contributed by atoms with E-state index in [1.54, 1.807) is 12.1 Å². The van der Waals surface area contributed by atoms with Gasteiger partial charge in [0.05, 0.1) is 0 Å². The zero-order valence-electron chi connectivity index (χ0n) is 6.90. The van der Waals surface area contributed by atoms with Crippen molar-refractivity contribution in [2.24, 2.45) is 0 Å². The molecular weight excluding hydrogens is 186 g/mol. The van der Waals surface area contributed by atoms with E-state index in [9.17, 15) is 5.11 Å². The van der Waals surface area contributed by atoms with Gasteiger partial charge in [-0.25, -0.2) is 0 Å². The summed E-state index contributed by atoms with van der Waals surface area (Å²) >= 11 is 0. The lowest BCUT2D eigenvalue weighted by molar-refractivity contribution is 0.481. The molecule has 2 aromatic rings. The number of halogens is 1. The molecule has 0 saturated heterocycles. The summed E-state index contributed by atoms with van der Waals surface area (Å²) in [5.74, 6) is 0.278. The molecule has 0 atom stereocenters. The van der Waals surface area contributed by atoms with Crippen LogP contribution in [-0.2, 0) is 0 Å². The van der Waals surface area contributed by atoms with E-state index in [1.807, 2.05) is 24.3 Å². The van der Waals surface area contributed by atoms with Gasteiger partial charge in [-0.1, -0.05) is 24.3 Å². The van der Waals surface area contributed by atoms with Gasteiger partial charge in [0.2, 0.25) is 0 Å². The van der Waals surface area contributed by atoms with Crippen molar-refractivity contribution < 1.29 is 5.11 Å². The van der Waals surface area contributed by atoms with E-state index in [4.69, 9.17) is 5.73 Å². The maximum absolute atomic E-state index is 9.44. The molecule has 68 valence electrons. The molecule has 0 bridgehead atoms. The number of phenolic OH excluding ortho intramolecular Hbond substituents is 1. The van der Waals surface area contributed by atoms with Crippen molar-refractivity contribution in [2.75, 3.05) is 5.73 Å². The number of benzene rings is 2. The minimum Gasteiger partial charge on any atom is -0.507 e. The fraction of sp³-hybridized carbons (Fsp3) is 0. The summed E-state index contributed by atoms with van der Waals surface area (Å²) in [6, 6.07) is 10.8. The number of nitrogens with two attached hydrogens (primary N) is 1. The van der Waals surface area contributed by atoms with Gasteiger partial charge in [-0.3, -0.25) is 0 Å². The molecule has 2 nitrogen and oxygen atoms in total. The first-order valence-electron chi connectivity index (χ1n) is 3.75. The Hall–Kier alpha value is -1.41. The van der Waals surface area contributed by atoms with E-state index in [0.717, 1.165) is 10.8 Å². The average Bonchev–Trinajstić information content (AvgIpc) is 2.07. The Morgan fingerprint density at radius 3 is 2.23 bits per heavy atom. The molecule has 0 aliphatic carbocycles. The fourth-order valence-electron chi connectivity index (χ4n) is 1.32. The van der Waals surface area contributed by atoms with Crippen molar-refractivity contribution >= 4 is 28.9 Å². The molecule has 0 aliphatic rings. The van der Waals surface area contributed by atoms with E-state index in [2.05, 4.69) is 0 Å². The van der Waals surface area contributed by atoms with E-state index < -0.39 is 0 Å². The fourth-order valence-corrected chi connectivity index (χ4v) is 1.32. The van der Waals surface area contributed by atoms with Crippen molar-refractivity contribution in [3.05, 3.63) is 36.4 Å². The Labute approximate surface area is 82.4 Å². The Bertz CT molecular complexity index is 387. The van der Waals surface area contributed by atoms with Crippen LogP contribution in [0.1, 0.15) is 0 Å². The number of hydrogen-bond donors (Lipinski definition) is 2. The maximum atomic E-state index is 9.44. The molecule has 3 N–H and O–H groups in total. The van der Waals surface area contributed by atoms with Crippen molar-refractivity contribution in [1.82, 2.24) is 0 Å². The minimum absolute atomic E-state index is 0. The zero-order chi connectivity index (χ0) is 8.55. The molecule has 0 fully saturated rings. The van der Waals surface area contributed by atoms with E-state index >= 15 is 0 Å². The molecule has 0 radical (unpaired) electrons. The van der Waals surface area contributed by atoms with Gasteiger partial charge in [0, 0.05) is 16.5 Å². The van der Waals surface area contributed by atoms with Crippen LogP contribution in [0.5, 0.6) is 5.75 Å². The van der Waals surface area contributed by atoms with Crippen LogP contribution in [0.2, 0.25) is 0 Å². The van der Waals surface area contributed by atoms with Crippen LogP contribution in [0.15, 0.2) is 36.4 Å². The summed E-state index contributed by atoms with van der Waals surface area (Å²) in [5.41, 5.74) is 6.41. The van der Waals surface area contributed by atoms with Crippen molar-refractivity contribution in [2.45, 2.75) is 0 Å². The zero-order valence-corrected chi connectivity index (χ0v) is 7.71. The maximum Gasteiger partial charge on any atom is 0.123 e. The number of nitrogen functional groups attached to an aromatic ring is 1. The van der Waals surface area contributed by atoms with Gasteiger partial charge < -0.3 is 10.8 Å². The van der Waals surface area contributed by atoms with Crippen LogP contribution < -0.4 is 5.73 Å². The second kappa shape index (κ2) is 3.54. The second-order valence-corrected chi connectivity index (χ2v) is 2.72. The SMILES string of the molecule is Cl.Nc1cccc2c(O)cccc12. The number of anilines is 1. The monoisotopic (exact) mass is 195 g/mol. The van der Waals surface area contributed by atoms with E-state index in [0.29, 0.717) is 5.69 Å². The third-order valence-electron chi connectivity index (χ3n) is 1.93. The summed E-state index contributed by atoms with van der Waals surface area (Å²) in [5, 5.41) is 11.1. The van der Waals surface area contributed by atoms with Gasteiger partial charge in [0.1, 0.15) is 5.75 Å². The lowest BCUT2D eigenvalue weighted by Gasteiger charge is -2.02. The summed E-state index contributed by atoms with van der Waals surface area (Å²) in [6.45, 7) is 0. The van der Waals surface area contributed by atoms with Crippen molar-refractivity contribution in [3.63, 3.8) is 0 Å². The molecule has 0 unspecified atom stereocenters. The van der Waals surface area contributed by atoms with E-state index in [-0.39, 0.29) is 18.2 Å². The van der Waals surface area contributed by atoms with Crippen LogP contribution in [0.4, 0.5) is 5.69 Å². The molecule has 0 aliphatic heterocycles. The Balaban J connectivity index is 0.000000845. The first-order valence-corrected chi connectivity index (χ1v) is 3.75. The predicted octanol–water partition coefficient (Wildman–Crippen LogP) is 2.55. The quantitative estimate of drug-likeness (QED) is 0.635. The highest BCUT2D eigenvalue weighted by molar-refractivity contribution is 5.96. The second-order valence-electron chi connectivity index (χ2n) is 2.72. The topological polar surface area (TPSA) is 46.2 Å². The third kappa shape index (κ3) is 1.53. The minimum atomic E-state index is 0. The van der Waals surface area contributed by atoms with Gasteiger partial charge in [-0.15, -0.1) is 12.4 Å². The molecule has 3 heteroatoms. The lowest BCUT2D eigenvalue weighted by atomic mass is 10.1. The molecular formula is C10H10ClNO. The Morgan fingerprint density at radius 1 is 0.923 bits per heavy atom. The van der Waals surface area contributed by atoms with Crippen LogP contribution >= 0.6 is 12.4 Å². The average molecular weight is 196 g/mol. The molecule has 0 amide bonds. The number of fused-ring (bicyclic) bond motifs is 1. The largest absolute Gasteiger partial charge is 0.507 e. The summed E-state index contributed by atoms with van der Waals surface area (Å²) < 4.78 is 0. The van der Waals surface area contributed by atoms with Crippen LogP contribution in [-0.4, -0.2) is 5.11 Å². The highest BCUT2D eigenvalue weighted by atomic mass is 35.5. The molecule has 2 aromatic carbocycles. The standard InChI is InChI=1S/C10H9NO.ClH/c11-9-5-1-4-8-7(9)3-2-6-10(8)12;/h1-6,12H,11H2;1H. The summed E-state index contributed by atoms with van der Waals surface area (Å²) in [4.78, 5) is 0. The molecule has 0 heterocycles. The Morgan fingerprint density at radius 2 is 1.54 bits per heavy atom. The molecule has 2 rings (SSSR count). The Kier molecular flexibility index (Phi) is 2.63. The van der Waals surface area contributed by atoms with E-state index in [1.165, 1.54) is 0 Å². The summed E-state index contributed by atoms with van der Waals surface area (Å²) in [6.07, 6.45) is 0. The highest BCUT2D eigenvalue weighted by Crippen LogP contribution is 2.27. The lowest BCUT2D eigenvalue weighted by Crippen LogP contribution is -1.85. The normalized spacial score (nSPS) is 9.54.